The summed E-state index contributed by atoms with van der Waals surface area (Å²) in [5.41, 5.74) is 7.17. The Hall–Kier alpha value is -4.80. The Morgan fingerprint density at radius 2 is 1.89 bits per heavy atom. The molecule has 3 N–H and O–H groups in total. The highest BCUT2D eigenvalue weighted by atomic mass is 16.5. The molecule has 0 unspecified atom stereocenters. The van der Waals surface area contributed by atoms with Crippen molar-refractivity contribution >= 4 is 35.2 Å². The Morgan fingerprint density at radius 1 is 1.16 bits per heavy atom. The zero-order chi connectivity index (χ0) is 26.4. The van der Waals surface area contributed by atoms with Crippen molar-refractivity contribution in [2.24, 2.45) is 5.73 Å². The van der Waals surface area contributed by atoms with E-state index in [0.29, 0.717) is 24.3 Å². The third kappa shape index (κ3) is 6.07. The van der Waals surface area contributed by atoms with Crippen molar-refractivity contribution < 1.29 is 19.1 Å². The number of likely N-dealkylation sites (tertiary alicyclic amines) is 1. The van der Waals surface area contributed by atoms with Gasteiger partial charge in [0.2, 0.25) is 11.9 Å². The number of primary amides is 1. The van der Waals surface area contributed by atoms with Gasteiger partial charge in [0, 0.05) is 25.8 Å². The molecule has 0 bridgehead atoms. The first kappa shape index (κ1) is 25.3. The number of hydrogen-bond donors (Lipinski definition) is 2. The molecule has 190 valence electrons. The van der Waals surface area contributed by atoms with Gasteiger partial charge in [0.1, 0.15) is 6.61 Å². The van der Waals surface area contributed by atoms with Gasteiger partial charge in [-0.3, -0.25) is 9.59 Å². The molecule has 2 heterocycles. The Kier molecular flexibility index (Phi) is 7.72. The van der Waals surface area contributed by atoms with Gasteiger partial charge in [-0.05, 0) is 42.3 Å². The molecule has 1 atom stereocenters. The average Bonchev–Trinajstić information content (AvgIpc) is 3.42. The highest BCUT2D eigenvalue weighted by molar-refractivity contribution is 5.96. The van der Waals surface area contributed by atoms with Crippen LogP contribution in [0, 0.1) is 0 Å². The lowest BCUT2D eigenvalue weighted by Gasteiger charge is -2.24. The number of carbonyl (C=O) groups is 3. The smallest absolute Gasteiger partial charge is 0.338 e. The van der Waals surface area contributed by atoms with Gasteiger partial charge in [-0.2, -0.15) is 4.98 Å². The Labute approximate surface area is 213 Å². The fourth-order valence-electron chi connectivity index (χ4n) is 3.90. The molecule has 0 spiro atoms. The highest BCUT2D eigenvalue weighted by Gasteiger charge is 2.30. The number of esters is 1. The van der Waals surface area contributed by atoms with Gasteiger partial charge in [0.25, 0.3) is 5.91 Å². The van der Waals surface area contributed by atoms with Crippen molar-refractivity contribution in [1.82, 2.24) is 20.1 Å². The molecule has 0 radical (unpaired) electrons. The SMILES string of the molecule is C=CC(=O)N1CC[C@@H](N(C)c2nnc(C(N)=O)c(Nc3ccc(C(=O)OCc4ccccc4)cc3)n2)C1. The molecule has 37 heavy (non-hydrogen) atoms. The van der Waals surface area contributed by atoms with Crippen molar-refractivity contribution in [1.29, 1.82) is 0 Å². The van der Waals surface area contributed by atoms with Crippen LogP contribution in [-0.4, -0.2) is 64.0 Å². The Balaban J connectivity index is 1.46. The molecule has 0 aliphatic carbocycles. The number of anilines is 3. The molecule has 1 aliphatic rings. The molecule has 3 aromatic rings. The third-order valence-corrected chi connectivity index (χ3v) is 6.02. The van der Waals surface area contributed by atoms with E-state index in [4.69, 9.17) is 10.5 Å². The van der Waals surface area contributed by atoms with E-state index in [2.05, 4.69) is 27.1 Å². The van der Waals surface area contributed by atoms with Gasteiger partial charge in [0.15, 0.2) is 11.5 Å². The van der Waals surface area contributed by atoms with Gasteiger partial charge < -0.3 is 25.6 Å². The number of amides is 2. The van der Waals surface area contributed by atoms with Crippen molar-refractivity contribution in [2.45, 2.75) is 19.1 Å². The van der Waals surface area contributed by atoms with E-state index in [1.165, 1.54) is 6.08 Å². The van der Waals surface area contributed by atoms with Crippen LogP contribution in [0.25, 0.3) is 0 Å². The van der Waals surface area contributed by atoms with Crippen molar-refractivity contribution in [3.8, 4) is 0 Å². The summed E-state index contributed by atoms with van der Waals surface area (Å²) in [4.78, 5) is 44.2. The standard InChI is InChI=1S/C26H27N7O4/c1-3-21(34)33-14-13-20(15-33)32(2)26-29-24(22(23(27)35)30-31-26)28-19-11-9-18(10-12-19)25(36)37-16-17-7-5-4-6-8-17/h3-12,20H,1,13-16H2,2H3,(H2,27,35)(H,28,29,31)/t20-/m1/s1. The topological polar surface area (TPSA) is 144 Å². The second-order valence-corrected chi connectivity index (χ2v) is 8.48. The number of aromatic nitrogens is 3. The van der Waals surface area contributed by atoms with Gasteiger partial charge in [0.05, 0.1) is 11.6 Å². The van der Waals surface area contributed by atoms with E-state index < -0.39 is 11.9 Å². The van der Waals surface area contributed by atoms with Crippen LogP contribution in [0.2, 0.25) is 0 Å². The third-order valence-electron chi connectivity index (χ3n) is 6.02. The minimum Gasteiger partial charge on any atom is -0.457 e. The first-order chi connectivity index (χ1) is 17.9. The minimum absolute atomic E-state index is 0.0286. The number of likely N-dealkylation sites (N-methyl/N-ethyl adjacent to an activating group) is 1. The Bertz CT molecular complexity index is 1300. The van der Waals surface area contributed by atoms with Gasteiger partial charge in [-0.25, -0.2) is 4.79 Å². The summed E-state index contributed by atoms with van der Waals surface area (Å²) in [5.74, 6) is -0.983. The molecular formula is C26H27N7O4. The van der Waals surface area contributed by atoms with E-state index in [9.17, 15) is 14.4 Å². The fraction of sp³-hybridized carbons (Fsp3) is 0.231. The summed E-state index contributed by atoms with van der Waals surface area (Å²) in [6.45, 7) is 4.79. The normalized spacial score (nSPS) is 14.6. The maximum Gasteiger partial charge on any atom is 0.338 e. The number of carbonyl (C=O) groups excluding carboxylic acids is 3. The van der Waals surface area contributed by atoms with Crippen LogP contribution in [0.1, 0.15) is 32.8 Å². The summed E-state index contributed by atoms with van der Waals surface area (Å²) in [6, 6.07) is 15.9. The molecule has 1 aromatic heterocycles. The Morgan fingerprint density at radius 3 is 2.57 bits per heavy atom. The van der Waals surface area contributed by atoms with Crippen LogP contribution in [0.4, 0.5) is 17.5 Å². The number of rotatable bonds is 9. The predicted molar refractivity (Wildman–Crippen MR) is 137 cm³/mol. The molecule has 11 nitrogen and oxygen atoms in total. The summed E-state index contributed by atoms with van der Waals surface area (Å²) in [7, 11) is 1.80. The monoisotopic (exact) mass is 501 g/mol. The highest BCUT2D eigenvalue weighted by Crippen LogP contribution is 2.23. The van der Waals surface area contributed by atoms with E-state index in [0.717, 1.165) is 12.0 Å². The quantitative estimate of drug-likeness (QED) is 0.333. The molecule has 4 rings (SSSR count). The van der Waals surface area contributed by atoms with E-state index >= 15 is 0 Å². The summed E-state index contributed by atoms with van der Waals surface area (Å²) in [6.07, 6.45) is 2.01. The zero-order valence-corrected chi connectivity index (χ0v) is 20.3. The maximum atomic E-state index is 12.4. The molecule has 1 aliphatic heterocycles. The van der Waals surface area contributed by atoms with Crippen LogP contribution in [0.3, 0.4) is 0 Å². The number of ether oxygens (including phenoxy) is 1. The molecule has 2 amide bonds. The minimum atomic E-state index is -0.790. The molecule has 2 aromatic carbocycles. The largest absolute Gasteiger partial charge is 0.457 e. The van der Waals surface area contributed by atoms with Gasteiger partial charge in [-0.1, -0.05) is 36.9 Å². The van der Waals surface area contributed by atoms with Crippen molar-refractivity contribution in [3.05, 3.63) is 84.1 Å². The fourth-order valence-corrected chi connectivity index (χ4v) is 3.90. The van der Waals surface area contributed by atoms with E-state index in [-0.39, 0.29) is 36.0 Å². The number of nitrogens with zero attached hydrogens (tertiary/aromatic N) is 5. The maximum absolute atomic E-state index is 12.4. The zero-order valence-electron chi connectivity index (χ0n) is 20.3. The number of nitrogens with one attached hydrogen (secondary N) is 1. The van der Waals surface area contributed by atoms with Gasteiger partial charge >= 0.3 is 5.97 Å². The van der Waals surface area contributed by atoms with Crippen LogP contribution in [0.5, 0.6) is 0 Å². The summed E-state index contributed by atoms with van der Waals surface area (Å²) >= 11 is 0. The van der Waals surface area contributed by atoms with E-state index in [1.54, 1.807) is 36.2 Å². The molecule has 0 saturated carbocycles. The van der Waals surface area contributed by atoms with Crippen molar-refractivity contribution in [3.63, 3.8) is 0 Å². The second kappa shape index (κ2) is 11.3. The van der Waals surface area contributed by atoms with Gasteiger partial charge in [-0.15, -0.1) is 10.2 Å². The lowest BCUT2D eigenvalue weighted by atomic mass is 10.2. The second-order valence-electron chi connectivity index (χ2n) is 8.48. The van der Waals surface area contributed by atoms with E-state index in [1.807, 2.05) is 35.2 Å². The number of benzene rings is 2. The summed E-state index contributed by atoms with van der Waals surface area (Å²) in [5, 5.41) is 11.1. The first-order valence-electron chi connectivity index (χ1n) is 11.6. The molecular weight excluding hydrogens is 474 g/mol. The first-order valence-corrected chi connectivity index (χ1v) is 11.6. The molecule has 1 fully saturated rings. The van der Waals surface area contributed by atoms with Crippen LogP contribution < -0.4 is 16.0 Å². The average molecular weight is 502 g/mol. The lowest BCUT2D eigenvalue weighted by molar-refractivity contribution is -0.125. The number of nitrogens with two attached hydrogens (primary N) is 1. The van der Waals surface area contributed by atoms with Crippen LogP contribution >= 0.6 is 0 Å². The molecule has 1 saturated heterocycles. The van der Waals surface area contributed by atoms with Crippen LogP contribution in [0.15, 0.2) is 67.3 Å². The number of hydrogen-bond acceptors (Lipinski definition) is 9. The lowest BCUT2D eigenvalue weighted by Crippen LogP contribution is -2.37. The predicted octanol–water partition coefficient (Wildman–Crippen LogP) is 2.29. The molecule has 11 heteroatoms. The van der Waals surface area contributed by atoms with Crippen LogP contribution in [-0.2, 0) is 16.1 Å². The summed E-state index contributed by atoms with van der Waals surface area (Å²) < 4.78 is 5.36. The van der Waals surface area contributed by atoms with Crippen molar-refractivity contribution in [2.75, 3.05) is 30.4 Å².